The number of thiocarbonyl (C=S) groups is 1. The van der Waals surface area contributed by atoms with E-state index in [0.29, 0.717) is 27.1 Å². The summed E-state index contributed by atoms with van der Waals surface area (Å²) >= 11 is 6.44. The Balaban J connectivity index is 2.21. The van der Waals surface area contributed by atoms with E-state index in [1.54, 1.807) is 6.92 Å². The van der Waals surface area contributed by atoms with Crippen molar-refractivity contribution in [2.45, 2.75) is 27.3 Å². The molecule has 0 aliphatic carbocycles. The third-order valence-corrected chi connectivity index (χ3v) is 5.65. The molecule has 0 saturated carbocycles. The van der Waals surface area contributed by atoms with Crippen LogP contribution in [-0.4, -0.2) is 41.1 Å². The van der Waals surface area contributed by atoms with Crippen molar-refractivity contribution in [1.29, 1.82) is 0 Å². The first-order valence-corrected chi connectivity index (χ1v) is 9.27. The monoisotopic (exact) mass is 410 g/mol. The molecule has 0 radical (unpaired) electrons. The Labute approximate surface area is 166 Å². The van der Waals surface area contributed by atoms with Gasteiger partial charge >= 0.3 is 11.9 Å². The molecule has 0 aromatic carbocycles. The van der Waals surface area contributed by atoms with Crippen LogP contribution in [0.1, 0.15) is 42.5 Å². The molecule has 0 atom stereocenters. The van der Waals surface area contributed by atoms with Gasteiger partial charge in [0.25, 0.3) is 0 Å². The highest BCUT2D eigenvalue weighted by atomic mass is 32.1. The molecule has 2 aromatic heterocycles. The molecule has 0 amide bonds. The molecule has 0 fully saturated rings. The fourth-order valence-corrected chi connectivity index (χ4v) is 3.98. The van der Waals surface area contributed by atoms with E-state index >= 15 is 0 Å². The van der Waals surface area contributed by atoms with E-state index in [-0.39, 0.29) is 5.56 Å². The minimum Gasteiger partial charge on any atom is -0.465 e. The quantitative estimate of drug-likeness (QED) is 0.573. The number of methoxy groups -OCH3 is 2. The lowest BCUT2D eigenvalue weighted by atomic mass is 10.1. The van der Waals surface area contributed by atoms with Crippen molar-refractivity contribution >= 4 is 45.6 Å². The number of nitrogens with zero attached hydrogens (tertiary/aromatic N) is 2. The van der Waals surface area contributed by atoms with Crippen molar-refractivity contribution in [3.8, 4) is 0 Å². The Hall–Kier alpha value is -2.46. The van der Waals surface area contributed by atoms with Crippen LogP contribution in [0.5, 0.6) is 0 Å². The normalized spacial score (nSPS) is 10.4. The molecule has 10 heteroatoms. The summed E-state index contributed by atoms with van der Waals surface area (Å²) in [6.07, 6.45) is 0. The largest absolute Gasteiger partial charge is 0.465 e. The molecule has 146 valence electrons. The van der Waals surface area contributed by atoms with E-state index in [0.717, 1.165) is 28.3 Å². The lowest BCUT2D eigenvalue weighted by Crippen LogP contribution is -2.28. The molecule has 2 N–H and O–H groups in total. The standard InChI is InChI=1S/C17H22N4O4S2/c1-8-12(15(22)24-5)14(27-13(8)16(23)25-6)19-17(26)18-7-11-9(2)20-21(4)10(11)3/h7H2,1-6H3,(H2,18,19,26). The van der Waals surface area contributed by atoms with Crippen LogP contribution in [0.2, 0.25) is 0 Å². The van der Waals surface area contributed by atoms with Crippen LogP contribution < -0.4 is 10.6 Å². The maximum absolute atomic E-state index is 12.1. The summed E-state index contributed by atoms with van der Waals surface area (Å²) in [5, 5.41) is 11.2. The molecule has 27 heavy (non-hydrogen) atoms. The second kappa shape index (κ2) is 8.49. The van der Waals surface area contributed by atoms with Crippen molar-refractivity contribution in [3.63, 3.8) is 0 Å². The smallest absolute Gasteiger partial charge is 0.348 e. The van der Waals surface area contributed by atoms with Gasteiger partial charge in [-0.2, -0.15) is 5.10 Å². The summed E-state index contributed by atoms with van der Waals surface area (Å²) in [5.74, 6) is -1.07. The summed E-state index contributed by atoms with van der Waals surface area (Å²) in [5.41, 5.74) is 3.76. The second-order valence-electron chi connectivity index (χ2n) is 5.82. The van der Waals surface area contributed by atoms with Crippen LogP contribution in [0.3, 0.4) is 0 Å². The van der Waals surface area contributed by atoms with E-state index in [9.17, 15) is 9.59 Å². The molecule has 0 spiro atoms. The van der Waals surface area contributed by atoms with Crippen molar-refractivity contribution in [3.05, 3.63) is 33.0 Å². The van der Waals surface area contributed by atoms with Gasteiger partial charge in [0, 0.05) is 24.8 Å². The highest BCUT2D eigenvalue weighted by Gasteiger charge is 2.26. The summed E-state index contributed by atoms with van der Waals surface area (Å²) in [7, 11) is 4.45. The van der Waals surface area contributed by atoms with Crippen LogP contribution in [0.25, 0.3) is 0 Å². The number of rotatable bonds is 5. The third kappa shape index (κ3) is 4.28. The van der Waals surface area contributed by atoms with Gasteiger partial charge in [-0.05, 0) is 38.6 Å². The zero-order chi connectivity index (χ0) is 20.3. The average Bonchev–Trinajstić information content (AvgIpc) is 3.08. The molecule has 0 unspecified atom stereocenters. The van der Waals surface area contributed by atoms with Gasteiger partial charge < -0.3 is 20.1 Å². The number of hydrogen-bond donors (Lipinski definition) is 2. The van der Waals surface area contributed by atoms with Gasteiger partial charge in [-0.25, -0.2) is 9.59 Å². The topological polar surface area (TPSA) is 94.5 Å². The molecule has 0 aliphatic rings. The Kier molecular flexibility index (Phi) is 6.55. The molecule has 0 bridgehead atoms. The van der Waals surface area contributed by atoms with Gasteiger partial charge in [0.05, 0.1) is 25.5 Å². The number of anilines is 1. The molecule has 0 aliphatic heterocycles. The number of carbonyl (C=O) groups is 2. The maximum Gasteiger partial charge on any atom is 0.348 e. The van der Waals surface area contributed by atoms with Gasteiger partial charge in [-0.3, -0.25) is 4.68 Å². The van der Waals surface area contributed by atoms with E-state index in [1.165, 1.54) is 14.2 Å². The number of hydrogen-bond acceptors (Lipinski definition) is 7. The van der Waals surface area contributed by atoms with Gasteiger partial charge in [-0.15, -0.1) is 11.3 Å². The highest BCUT2D eigenvalue weighted by molar-refractivity contribution is 7.80. The minimum atomic E-state index is -0.553. The SMILES string of the molecule is COC(=O)c1sc(NC(=S)NCc2c(C)nn(C)c2C)c(C(=O)OC)c1C. The van der Waals surface area contributed by atoms with Gasteiger partial charge in [0.15, 0.2) is 5.11 Å². The average molecular weight is 411 g/mol. The highest BCUT2D eigenvalue weighted by Crippen LogP contribution is 2.34. The van der Waals surface area contributed by atoms with E-state index < -0.39 is 11.9 Å². The molecule has 8 nitrogen and oxygen atoms in total. The number of carbonyl (C=O) groups excluding carboxylic acids is 2. The Morgan fingerprint density at radius 3 is 2.33 bits per heavy atom. The van der Waals surface area contributed by atoms with Crippen molar-refractivity contribution in [2.75, 3.05) is 19.5 Å². The van der Waals surface area contributed by atoms with Crippen LogP contribution in [0, 0.1) is 20.8 Å². The minimum absolute atomic E-state index is 0.265. The van der Waals surface area contributed by atoms with E-state index in [2.05, 4.69) is 15.7 Å². The lowest BCUT2D eigenvalue weighted by Gasteiger charge is -2.11. The molecule has 2 heterocycles. The molecule has 2 aromatic rings. The van der Waals surface area contributed by atoms with Gasteiger partial charge in [0.1, 0.15) is 9.88 Å². The fraction of sp³-hybridized carbons (Fsp3) is 0.412. The number of esters is 2. The first-order valence-electron chi connectivity index (χ1n) is 8.05. The first-order chi connectivity index (χ1) is 12.7. The Morgan fingerprint density at radius 1 is 1.19 bits per heavy atom. The predicted octanol–water partition coefficient (Wildman–Crippen LogP) is 2.47. The Morgan fingerprint density at radius 2 is 1.81 bits per heavy atom. The number of aromatic nitrogens is 2. The first kappa shape index (κ1) is 20.8. The van der Waals surface area contributed by atoms with E-state index in [1.807, 2.05) is 25.6 Å². The lowest BCUT2D eigenvalue weighted by molar-refractivity contribution is 0.0601. The number of ether oxygens (including phenoxy) is 2. The van der Waals surface area contributed by atoms with Crippen molar-refractivity contribution < 1.29 is 19.1 Å². The van der Waals surface area contributed by atoms with Crippen LogP contribution in [0.4, 0.5) is 5.00 Å². The number of nitrogens with one attached hydrogen (secondary N) is 2. The predicted molar refractivity (Wildman–Crippen MR) is 107 cm³/mol. The zero-order valence-corrected chi connectivity index (χ0v) is 17.7. The van der Waals surface area contributed by atoms with Crippen LogP contribution >= 0.6 is 23.6 Å². The number of aryl methyl sites for hydroxylation is 2. The second-order valence-corrected chi connectivity index (χ2v) is 7.25. The summed E-state index contributed by atoms with van der Waals surface area (Å²) in [6, 6.07) is 0. The van der Waals surface area contributed by atoms with Crippen molar-refractivity contribution in [1.82, 2.24) is 15.1 Å². The maximum atomic E-state index is 12.1. The molecule has 0 saturated heterocycles. The van der Waals surface area contributed by atoms with Gasteiger partial charge in [-0.1, -0.05) is 0 Å². The van der Waals surface area contributed by atoms with Crippen LogP contribution in [0.15, 0.2) is 0 Å². The zero-order valence-electron chi connectivity index (χ0n) is 16.1. The third-order valence-electron chi connectivity index (χ3n) is 4.22. The number of thiophene rings is 1. The van der Waals surface area contributed by atoms with Gasteiger partial charge in [0.2, 0.25) is 0 Å². The summed E-state index contributed by atoms with van der Waals surface area (Å²) in [4.78, 5) is 24.4. The Bertz CT molecular complexity index is 901. The molecular weight excluding hydrogens is 388 g/mol. The summed E-state index contributed by atoms with van der Waals surface area (Å²) < 4.78 is 11.4. The van der Waals surface area contributed by atoms with Crippen LogP contribution in [-0.2, 0) is 23.1 Å². The van der Waals surface area contributed by atoms with E-state index in [4.69, 9.17) is 21.7 Å². The molecule has 2 rings (SSSR count). The molecular formula is C17H22N4O4S2. The fourth-order valence-electron chi connectivity index (χ4n) is 2.63. The van der Waals surface area contributed by atoms with Crippen molar-refractivity contribution in [2.24, 2.45) is 7.05 Å². The summed E-state index contributed by atoms with van der Waals surface area (Å²) in [6.45, 7) is 6.06.